The van der Waals surface area contributed by atoms with E-state index in [2.05, 4.69) is 36.3 Å². The van der Waals surface area contributed by atoms with Gasteiger partial charge in [0.1, 0.15) is 5.75 Å². The number of benzene rings is 3. The van der Waals surface area contributed by atoms with Crippen LogP contribution >= 0.6 is 0 Å². The summed E-state index contributed by atoms with van der Waals surface area (Å²) in [6.07, 6.45) is -2.41. The molecule has 0 radical (unpaired) electrons. The molecule has 0 amide bonds. The first kappa shape index (κ1) is 34.8. The van der Waals surface area contributed by atoms with E-state index in [1.807, 2.05) is 0 Å². The Labute approximate surface area is 269 Å². The Kier molecular flexibility index (Phi) is 10.2. The fourth-order valence-corrected chi connectivity index (χ4v) is 5.28. The molecule has 4 rings (SSSR count). The topological polar surface area (TPSA) is 164 Å². The number of anilines is 4. The van der Waals surface area contributed by atoms with Crippen molar-refractivity contribution in [1.29, 1.82) is 0 Å². The summed E-state index contributed by atoms with van der Waals surface area (Å²) in [5.41, 5.74) is 6.76. The molecule has 0 saturated carbocycles. The van der Waals surface area contributed by atoms with Gasteiger partial charge in [-0.2, -0.15) is 33.3 Å². The number of aromatic nitrogens is 2. The summed E-state index contributed by atoms with van der Waals surface area (Å²) in [5.74, 6) is 0.208. The van der Waals surface area contributed by atoms with Crippen molar-refractivity contribution in [3.05, 3.63) is 89.5 Å². The Morgan fingerprint density at radius 1 is 0.723 bits per heavy atom. The smallest absolute Gasteiger partial charge is 0.416 e. The molecule has 0 atom stereocenters. The molecule has 3 aromatic carbocycles. The highest BCUT2D eigenvalue weighted by Crippen LogP contribution is 2.36. The van der Waals surface area contributed by atoms with Crippen molar-refractivity contribution in [1.82, 2.24) is 9.97 Å². The molecule has 17 heteroatoms. The molecule has 0 fully saturated rings. The number of rotatable bonds is 11. The quantitative estimate of drug-likeness (QED) is 0.131. The van der Waals surface area contributed by atoms with Gasteiger partial charge in [-0.3, -0.25) is 10.9 Å². The molecule has 3 N–H and O–H groups in total. The van der Waals surface area contributed by atoms with E-state index in [4.69, 9.17) is 4.74 Å². The number of hydrogen-bond acceptors (Lipinski definition) is 12. The molecule has 1 aromatic heterocycles. The van der Waals surface area contributed by atoms with Crippen LogP contribution in [0.4, 0.5) is 36.4 Å². The Bertz CT molecular complexity index is 1940. The number of hydrogen-bond donors (Lipinski definition) is 3. The summed E-state index contributed by atoms with van der Waals surface area (Å²) in [6.45, 7) is 3.36. The van der Waals surface area contributed by atoms with Crippen molar-refractivity contribution in [3.63, 3.8) is 0 Å². The monoisotopic (exact) mass is 689 g/mol. The van der Waals surface area contributed by atoms with Crippen molar-refractivity contribution in [3.8, 4) is 5.75 Å². The Morgan fingerprint density at radius 2 is 1.17 bits per heavy atom. The maximum absolute atomic E-state index is 13.5. The van der Waals surface area contributed by atoms with Gasteiger partial charge in [0, 0.05) is 18.6 Å². The van der Waals surface area contributed by atoms with E-state index in [-0.39, 0.29) is 38.8 Å². The number of sulfone groups is 2. The molecule has 0 bridgehead atoms. The van der Waals surface area contributed by atoms with E-state index in [0.29, 0.717) is 22.6 Å². The highest BCUT2D eigenvalue weighted by molar-refractivity contribution is 7.91. The first-order valence-corrected chi connectivity index (χ1v) is 17.4. The van der Waals surface area contributed by atoms with Crippen LogP contribution in [0.25, 0.3) is 0 Å². The van der Waals surface area contributed by atoms with Gasteiger partial charge >= 0.3 is 6.18 Å². The standard InChI is InChI=1S/C30H30F3N7O5S2/c1-18(20-6-11-23(12-7-20)46(4,41)42)37-39-27-17-28(40-38-19(2)21-8-13-24(14-9-21)47(5,43)44)36-29(35-27)34-25-16-22(30(31,32)33)10-15-26(25)45-3/h6-17H,1-5H3,(H3,34,35,36,39,40). The van der Waals surface area contributed by atoms with Gasteiger partial charge in [0.15, 0.2) is 31.3 Å². The van der Waals surface area contributed by atoms with Crippen LogP contribution in [0.15, 0.2) is 92.8 Å². The number of halogens is 3. The predicted molar refractivity (Wildman–Crippen MR) is 174 cm³/mol. The van der Waals surface area contributed by atoms with Gasteiger partial charge in [-0.15, -0.1) is 0 Å². The largest absolute Gasteiger partial charge is 0.495 e. The fourth-order valence-electron chi connectivity index (χ4n) is 4.02. The van der Waals surface area contributed by atoms with Crippen molar-refractivity contribution >= 4 is 54.4 Å². The van der Waals surface area contributed by atoms with Crippen LogP contribution in [-0.2, 0) is 25.9 Å². The van der Waals surface area contributed by atoms with Gasteiger partial charge < -0.3 is 10.1 Å². The lowest BCUT2D eigenvalue weighted by Gasteiger charge is -2.15. The van der Waals surface area contributed by atoms with Crippen LogP contribution in [0.3, 0.4) is 0 Å². The average Bonchev–Trinajstić information content (AvgIpc) is 3.01. The van der Waals surface area contributed by atoms with Gasteiger partial charge in [-0.05, 0) is 67.4 Å². The van der Waals surface area contributed by atoms with E-state index in [0.717, 1.165) is 30.7 Å². The number of nitrogens with zero attached hydrogens (tertiary/aromatic N) is 4. The molecule has 0 aliphatic rings. The van der Waals surface area contributed by atoms with Crippen molar-refractivity contribution in [2.45, 2.75) is 29.8 Å². The first-order valence-electron chi connectivity index (χ1n) is 13.6. The second-order valence-electron chi connectivity index (χ2n) is 10.2. The predicted octanol–water partition coefficient (Wildman–Crippen LogP) is 5.73. The third kappa shape index (κ3) is 9.26. The van der Waals surface area contributed by atoms with Crippen LogP contribution in [0.2, 0.25) is 0 Å². The summed E-state index contributed by atoms with van der Waals surface area (Å²) in [4.78, 5) is 8.95. The molecular weight excluding hydrogens is 660 g/mol. The number of methoxy groups -OCH3 is 1. The third-order valence-corrected chi connectivity index (χ3v) is 8.83. The number of alkyl halides is 3. The molecule has 1 heterocycles. The van der Waals surface area contributed by atoms with E-state index in [1.54, 1.807) is 38.1 Å². The van der Waals surface area contributed by atoms with E-state index in [1.165, 1.54) is 37.4 Å². The summed E-state index contributed by atoms with van der Waals surface area (Å²) < 4.78 is 92.7. The van der Waals surface area contributed by atoms with E-state index in [9.17, 15) is 30.0 Å². The molecule has 0 spiro atoms. The lowest BCUT2D eigenvalue weighted by Crippen LogP contribution is -2.09. The number of ether oxygens (including phenoxy) is 1. The second-order valence-corrected chi connectivity index (χ2v) is 14.2. The molecular formula is C30H30F3N7O5S2. The number of nitrogens with one attached hydrogen (secondary N) is 3. The molecule has 0 saturated heterocycles. The summed E-state index contributed by atoms with van der Waals surface area (Å²) in [5, 5.41) is 11.4. The second kappa shape index (κ2) is 13.8. The normalized spacial score (nSPS) is 12.9. The molecule has 47 heavy (non-hydrogen) atoms. The summed E-state index contributed by atoms with van der Waals surface area (Å²) in [6, 6.07) is 16.5. The van der Waals surface area contributed by atoms with Crippen molar-refractivity contribution in [2.75, 3.05) is 35.8 Å². The molecule has 248 valence electrons. The Hall–Kier alpha value is -5.03. The van der Waals surface area contributed by atoms with Gasteiger partial charge in [0.25, 0.3) is 0 Å². The Morgan fingerprint density at radius 3 is 1.55 bits per heavy atom. The van der Waals surface area contributed by atoms with Gasteiger partial charge in [0.05, 0.1) is 39.6 Å². The zero-order valence-corrected chi connectivity index (χ0v) is 27.3. The van der Waals surface area contributed by atoms with Crippen LogP contribution in [0.5, 0.6) is 5.75 Å². The third-order valence-electron chi connectivity index (χ3n) is 6.58. The highest BCUT2D eigenvalue weighted by Gasteiger charge is 2.31. The van der Waals surface area contributed by atoms with Crippen LogP contribution in [-0.4, -0.2) is 57.8 Å². The lowest BCUT2D eigenvalue weighted by atomic mass is 10.1. The van der Waals surface area contributed by atoms with E-state index < -0.39 is 31.4 Å². The summed E-state index contributed by atoms with van der Waals surface area (Å²) in [7, 11) is -5.46. The van der Waals surface area contributed by atoms with Crippen molar-refractivity contribution in [2.24, 2.45) is 10.2 Å². The zero-order chi connectivity index (χ0) is 34.6. The zero-order valence-electron chi connectivity index (χ0n) is 25.7. The maximum Gasteiger partial charge on any atom is 0.416 e. The van der Waals surface area contributed by atoms with Gasteiger partial charge in [-0.1, -0.05) is 24.3 Å². The SMILES string of the molecule is COc1ccc(C(F)(F)F)cc1Nc1nc(NN=C(C)c2ccc(S(C)(=O)=O)cc2)cc(NN=C(C)c2ccc(S(C)(=O)=O)cc2)n1. The molecule has 0 unspecified atom stereocenters. The molecule has 0 aliphatic carbocycles. The molecule has 4 aromatic rings. The molecule has 0 aliphatic heterocycles. The highest BCUT2D eigenvalue weighted by atomic mass is 32.2. The minimum atomic E-state index is -4.61. The molecule has 12 nitrogen and oxygen atoms in total. The van der Waals surface area contributed by atoms with Crippen LogP contribution in [0.1, 0.15) is 30.5 Å². The summed E-state index contributed by atoms with van der Waals surface area (Å²) >= 11 is 0. The average molecular weight is 690 g/mol. The minimum absolute atomic E-state index is 0.0540. The van der Waals surface area contributed by atoms with Gasteiger partial charge in [0.2, 0.25) is 5.95 Å². The number of hydrazone groups is 2. The first-order chi connectivity index (χ1) is 21.9. The van der Waals surface area contributed by atoms with E-state index >= 15 is 0 Å². The van der Waals surface area contributed by atoms with Crippen LogP contribution in [0, 0.1) is 0 Å². The minimum Gasteiger partial charge on any atom is -0.495 e. The van der Waals surface area contributed by atoms with Crippen molar-refractivity contribution < 1.29 is 34.7 Å². The van der Waals surface area contributed by atoms with Crippen LogP contribution < -0.4 is 20.9 Å². The lowest BCUT2D eigenvalue weighted by molar-refractivity contribution is -0.137. The fraction of sp³-hybridized carbons (Fsp3) is 0.200. The Balaban J connectivity index is 1.68. The van der Waals surface area contributed by atoms with Gasteiger partial charge in [-0.25, -0.2) is 16.8 Å². The maximum atomic E-state index is 13.5.